The quantitative estimate of drug-likeness (QED) is 0.293. The topological polar surface area (TPSA) is 92.1 Å². The molecule has 9 heteroatoms. The van der Waals surface area contributed by atoms with Crippen LogP contribution in [0, 0.1) is 0 Å². The van der Waals surface area contributed by atoms with Gasteiger partial charge in [-0.05, 0) is 66.9 Å². The van der Waals surface area contributed by atoms with Crippen LogP contribution in [0.15, 0.2) is 48.8 Å². The van der Waals surface area contributed by atoms with Crippen LogP contribution in [0.2, 0.25) is 23.2 Å². The van der Waals surface area contributed by atoms with Crippen molar-refractivity contribution >= 4 is 31.6 Å². The number of nitrogens with zero attached hydrogens (tertiary/aromatic N) is 3. The van der Waals surface area contributed by atoms with Crippen molar-refractivity contribution in [1.82, 2.24) is 20.1 Å². The lowest BCUT2D eigenvalue weighted by atomic mass is 9.92. The van der Waals surface area contributed by atoms with Crippen molar-refractivity contribution in [2.24, 2.45) is 0 Å². The number of amides is 2. The van der Waals surface area contributed by atoms with Crippen molar-refractivity contribution in [3.05, 3.63) is 70.8 Å². The van der Waals surface area contributed by atoms with Gasteiger partial charge in [-0.15, -0.1) is 0 Å². The number of aryl methyl sites for hydroxylation is 1. The standard InChI is InChI=1S/C27H38ClN5O2Si/c1-26(2,3)24-15-23(33(32-24)22-10-8-9-20(28)14-22)18-30-25(34)31-21-13-19(16-29-17-21)11-12-27(4,5)36(6,7)35/h8-10,13-17,35H,11-12,18H2,1-7H3,(H2,30,31,34). The van der Waals surface area contributed by atoms with Gasteiger partial charge in [-0.3, -0.25) is 4.98 Å². The summed E-state index contributed by atoms with van der Waals surface area (Å²) in [5.41, 5.74) is 4.12. The van der Waals surface area contributed by atoms with Crippen LogP contribution in [0.1, 0.15) is 58.0 Å². The van der Waals surface area contributed by atoms with Crippen LogP contribution in [-0.4, -0.2) is 33.9 Å². The fourth-order valence-electron chi connectivity index (χ4n) is 3.55. The summed E-state index contributed by atoms with van der Waals surface area (Å²) in [4.78, 5) is 27.6. The third kappa shape index (κ3) is 7.18. The molecule has 0 saturated carbocycles. The van der Waals surface area contributed by atoms with Gasteiger partial charge in [0.05, 0.1) is 35.5 Å². The maximum Gasteiger partial charge on any atom is 0.319 e. The van der Waals surface area contributed by atoms with E-state index in [0.717, 1.165) is 35.5 Å². The molecular formula is C27H38ClN5O2Si. The molecule has 0 spiro atoms. The SMILES string of the molecule is CC(C)(C)c1cc(CNC(=O)Nc2cncc(CCC(C)(C)[Si](C)(C)O)c2)n(-c2cccc(Cl)c2)n1. The molecule has 36 heavy (non-hydrogen) atoms. The number of hydrogen-bond acceptors (Lipinski definition) is 4. The summed E-state index contributed by atoms with van der Waals surface area (Å²) in [6.45, 7) is 14.8. The Bertz CT molecular complexity index is 1210. The van der Waals surface area contributed by atoms with Gasteiger partial charge in [0.15, 0.2) is 8.32 Å². The summed E-state index contributed by atoms with van der Waals surface area (Å²) in [5, 5.41) is 11.1. The number of pyridine rings is 1. The highest BCUT2D eigenvalue weighted by atomic mass is 35.5. The molecule has 2 amide bonds. The Balaban J connectivity index is 1.68. The molecule has 0 aliphatic carbocycles. The Morgan fingerprint density at radius 3 is 2.47 bits per heavy atom. The van der Waals surface area contributed by atoms with E-state index in [9.17, 15) is 9.59 Å². The number of urea groups is 1. The van der Waals surface area contributed by atoms with Gasteiger partial charge in [0.25, 0.3) is 0 Å². The first-order valence-electron chi connectivity index (χ1n) is 12.2. The van der Waals surface area contributed by atoms with Gasteiger partial charge in [-0.25, -0.2) is 9.48 Å². The van der Waals surface area contributed by atoms with E-state index in [1.54, 1.807) is 6.20 Å². The molecule has 2 heterocycles. The molecule has 194 valence electrons. The number of halogens is 1. The molecule has 1 aromatic carbocycles. The van der Waals surface area contributed by atoms with Crippen LogP contribution in [-0.2, 0) is 18.4 Å². The molecule has 0 fully saturated rings. The van der Waals surface area contributed by atoms with Crippen LogP contribution < -0.4 is 10.6 Å². The minimum atomic E-state index is -2.28. The van der Waals surface area contributed by atoms with Gasteiger partial charge in [0.2, 0.25) is 0 Å². The minimum Gasteiger partial charge on any atom is -0.432 e. The molecule has 3 aromatic rings. The molecular weight excluding hydrogens is 490 g/mol. The molecule has 0 atom stereocenters. The zero-order valence-corrected chi connectivity index (χ0v) is 24.1. The number of carbonyl (C=O) groups excluding carboxylic acids is 1. The van der Waals surface area contributed by atoms with Crippen molar-refractivity contribution in [2.75, 3.05) is 5.32 Å². The molecule has 0 bridgehead atoms. The second kappa shape index (κ2) is 10.7. The molecule has 7 nitrogen and oxygen atoms in total. The lowest BCUT2D eigenvalue weighted by molar-refractivity contribution is 0.251. The summed E-state index contributed by atoms with van der Waals surface area (Å²) in [6, 6.07) is 11.1. The second-order valence-electron chi connectivity index (χ2n) is 11.5. The van der Waals surface area contributed by atoms with Gasteiger partial charge >= 0.3 is 6.03 Å². The first-order chi connectivity index (χ1) is 16.7. The van der Waals surface area contributed by atoms with E-state index in [1.165, 1.54) is 0 Å². The summed E-state index contributed by atoms with van der Waals surface area (Å²) in [7, 11) is -2.28. The van der Waals surface area contributed by atoms with Gasteiger partial charge in [-0.2, -0.15) is 5.10 Å². The zero-order valence-electron chi connectivity index (χ0n) is 22.3. The first-order valence-corrected chi connectivity index (χ1v) is 15.5. The van der Waals surface area contributed by atoms with Crippen LogP contribution in [0.4, 0.5) is 10.5 Å². The van der Waals surface area contributed by atoms with Gasteiger partial charge in [-0.1, -0.05) is 52.3 Å². The predicted octanol–water partition coefficient (Wildman–Crippen LogP) is 6.45. The molecule has 0 saturated heterocycles. The maximum absolute atomic E-state index is 12.7. The number of hydrogen-bond donors (Lipinski definition) is 3. The number of rotatable bonds is 8. The molecule has 3 rings (SSSR count). The normalized spacial score (nSPS) is 12.5. The first kappa shape index (κ1) is 27.9. The van der Waals surface area contributed by atoms with E-state index in [4.69, 9.17) is 16.7 Å². The highest BCUT2D eigenvalue weighted by molar-refractivity contribution is 6.72. The highest BCUT2D eigenvalue weighted by Crippen LogP contribution is 2.39. The molecule has 0 radical (unpaired) electrons. The van der Waals surface area contributed by atoms with Crippen LogP contribution in [0.5, 0.6) is 0 Å². The van der Waals surface area contributed by atoms with Gasteiger partial charge in [0.1, 0.15) is 0 Å². The lowest BCUT2D eigenvalue weighted by Gasteiger charge is -2.35. The Morgan fingerprint density at radius 1 is 1.11 bits per heavy atom. The highest BCUT2D eigenvalue weighted by Gasteiger charge is 2.37. The number of benzene rings is 1. The Morgan fingerprint density at radius 2 is 1.83 bits per heavy atom. The van der Waals surface area contributed by atoms with Crippen LogP contribution in [0.25, 0.3) is 5.69 Å². The number of aromatic nitrogens is 3. The zero-order chi connectivity index (χ0) is 26.7. The van der Waals surface area contributed by atoms with Crippen LogP contribution >= 0.6 is 11.6 Å². The molecule has 0 aliphatic rings. The Kier molecular flexibility index (Phi) is 8.32. The second-order valence-corrected chi connectivity index (χ2v) is 16.4. The molecule has 3 N–H and O–H groups in total. The third-order valence-electron chi connectivity index (χ3n) is 6.78. The average Bonchev–Trinajstić information content (AvgIpc) is 3.21. The largest absolute Gasteiger partial charge is 0.432 e. The summed E-state index contributed by atoms with van der Waals surface area (Å²) >= 11 is 6.21. The molecule has 0 unspecified atom stereocenters. The van der Waals surface area contributed by atoms with Crippen molar-refractivity contribution in [2.45, 2.75) is 77.6 Å². The van der Waals surface area contributed by atoms with Crippen molar-refractivity contribution in [1.29, 1.82) is 0 Å². The Labute approximate surface area is 220 Å². The van der Waals surface area contributed by atoms with E-state index in [1.807, 2.05) is 60.4 Å². The summed E-state index contributed by atoms with van der Waals surface area (Å²) < 4.78 is 1.82. The molecule has 2 aromatic heterocycles. The third-order valence-corrected chi connectivity index (χ3v) is 10.6. The van der Waals surface area contributed by atoms with E-state index < -0.39 is 8.32 Å². The van der Waals surface area contributed by atoms with E-state index in [2.05, 4.69) is 50.2 Å². The monoisotopic (exact) mass is 527 g/mol. The average molecular weight is 528 g/mol. The number of carbonyl (C=O) groups is 1. The van der Waals surface area contributed by atoms with Gasteiger partial charge in [0, 0.05) is 16.6 Å². The van der Waals surface area contributed by atoms with Crippen molar-refractivity contribution < 1.29 is 9.59 Å². The number of anilines is 1. The fraction of sp³-hybridized carbons (Fsp3) is 0.444. The van der Waals surface area contributed by atoms with Crippen molar-refractivity contribution in [3.63, 3.8) is 0 Å². The lowest BCUT2D eigenvalue weighted by Crippen LogP contribution is -2.39. The van der Waals surface area contributed by atoms with Crippen molar-refractivity contribution in [3.8, 4) is 5.69 Å². The summed E-state index contributed by atoms with van der Waals surface area (Å²) in [5.74, 6) is 0. The van der Waals surface area contributed by atoms with Crippen LogP contribution in [0.3, 0.4) is 0 Å². The van der Waals surface area contributed by atoms with E-state index in [0.29, 0.717) is 17.3 Å². The summed E-state index contributed by atoms with van der Waals surface area (Å²) in [6.07, 6.45) is 5.07. The smallest absolute Gasteiger partial charge is 0.319 e. The van der Waals surface area contributed by atoms with E-state index in [-0.39, 0.29) is 16.5 Å². The van der Waals surface area contributed by atoms with E-state index >= 15 is 0 Å². The minimum absolute atomic E-state index is 0.119. The van der Waals surface area contributed by atoms with Gasteiger partial charge < -0.3 is 15.4 Å². The maximum atomic E-state index is 12.7. The Hall–Kier alpha value is -2.68. The fourth-order valence-corrected chi connectivity index (χ4v) is 4.47. The molecule has 0 aliphatic heterocycles. The number of nitrogens with one attached hydrogen (secondary N) is 2. The predicted molar refractivity (Wildman–Crippen MR) is 149 cm³/mol.